The molecular weight excluding hydrogens is 302 g/mol. The van der Waals surface area contributed by atoms with Crippen molar-refractivity contribution in [1.29, 1.82) is 0 Å². The summed E-state index contributed by atoms with van der Waals surface area (Å²) in [5, 5.41) is 5.92. The maximum atomic E-state index is 12.2. The first-order valence-corrected chi connectivity index (χ1v) is 8.63. The van der Waals surface area contributed by atoms with Crippen LogP contribution in [0.15, 0.2) is 24.3 Å². The first kappa shape index (κ1) is 18.5. The monoisotopic (exact) mass is 333 g/mol. The topological polar surface area (TPSA) is 50.9 Å². The number of nitrogens with one attached hydrogen (secondary N) is 2. The molecule has 0 spiro atoms. The van der Waals surface area contributed by atoms with Gasteiger partial charge in [-0.2, -0.15) is 0 Å². The van der Waals surface area contributed by atoms with E-state index in [1.165, 1.54) is 0 Å². The SMILES string of the molecule is CC(C)N(C)c1cccc(NC(=O)NC[C@@H]2CN(C)CCN2C)c1. The Morgan fingerprint density at radius 2 is 2.08 bits per heavy atom. The van der Waals surface area contributed by atoms with E-state index in [9.17, 15) is 4.79 Å². The van der Waals surface area contributed by atoms with E-state index in [4.69, 9.17) is 0 Å². The highest BCUT2D eigenvalue weighted by molar-refractivity contribution is 5.89. The van der Waals surface area contributed by atoms with Crippen molar-refractivity contribution in [2.45, 2.75) is 25.9 Å². The highest BCUT2D eigenvalue weighted by atomic mass is 16.2. The Morgan fingerprint density at radius 1 is 1.33 bits per heavy atom. The molecule has 6 nitrogen and oxygen atoms in total. The number of rotatable bonds is 5. The van der Waals surface area contributed by atoms with Gasteiger partial charge in [0.05, 0.1) is 0 Å². The van der Waals surface area contributed by atoms with Gasteiger partial charge >= 0.3 is 6.03 Å². The number of carbonyl (C=O) groups is 1. The number of hydrogen-bond donors (Lipinski definition) is 2. The second-order valence-electron chi connectivity index (χ2n) is 6.99. The third kappa shape index (κ3) is 5.11. The zero-order chi connectivity index (χ0) is 17.7. The van der Waals surface area contributed by atoms with Crippen LogP contribution >= 0.6 is 0 Å². The molecule has 2 rings (SSSR count). The largest absolute Gasteiger partial charge is 0.372 e. The average Bonchev–Trinajstić information content (AvgIpc) is 2.55. The van der Waals surface area contributed by atoms with Crippen LogP contribution in [-0.2, 0) is 0 Å². The molecule has 0 radical (unpaired) electrons. The van der Waals surface area contributed by atoms with Crippen molar-refractivity contribution in [2.24, 2.45) is 0 Å². The molecule has 2 N–H and O–H groups in total. The van der Waals surface area contributed by atoms with Crippen molar-refractivity contribution in [3.8, 4) is 0 Å². The smallest absolute Gasteiger partial charge is 0.319 e. The van der Waals surface area contributed by atoms with Gasteiger partial charge < -0.3 is 20.4 Å². The van der Waals surface area contributed by atoms with Crippen LogP contribution in [0.4, 0.5) is 16.2 Å². The molecule has 1 aliphatic heterocycles. The summed E-state index contributed by atoms with van der Waals surface area (Å²) in [4.78, 5) is 19.0. The number of anilines is 2. The number of benzene rings is 1. The quantitative estimate of drug-likeness (QED) is 0.864. The fourth-order valence-electron chi connectivity index (χ4n) is 2.81. The van der Waals surface area contributed by atoms with Gasteiger partial charge in [0.25, 0.3) is 0 Å². The van der Waals surface area contributed by atoms with Gasteiger partial charge in [0.15, 0.2) is 0 Å². The summed E-state index contributed by atoms with van der Waals surface area (Å²) in [5.41, 5.74) is 1.91. The summed E-state index contributed by atoms with van der Waals surface area (Å²) in [7, 11) is 6.29. The minimum absolute atomic E-state index is 0.152. The number of urea groups is 1. The number of hydrogen-bond acceptors (Lipinski definition) is 4. The Bertz CT molecular complexity index is 548. The highest BCUT2D eigenvalue weighted by Crippen LogP contribution is 2.20. The van der Waals surface area contributed by atoms with Gasteiger partial charge in [-0.25, -0.2) is 4.79 Å². The molecule has 1 aromatic rings. The molecule has 1 heterocycles. The second-order valence-corrected chi connectivity index (χ2v) is 6.99. The molecular formula is C18H31N5O. The molecule has 1 atom stereocenters. The molecule has 2 amide bonds. The van der Waals surface area contributed by atoms with Crippen LogP contribution in [0.3, 0.4) is 0 Å². The average molecular weight is 333 g/mol. The Labute approximate surface area is 145 Å². The fraction of sp³-hybridized carbons (Fsp3) is 0.611. The van der Waals surface area contributed by atoms with Crippen molar-refractivity contribution < 1.29 is 4.79 Å². The molecule has 1 saturated heterocycles. The van der Waals surface area contributed by atoms with Gasteiger partial charge in [0.2, 0.25) is 0 Å². The molecule has 24 heavy (non-hydrogen) atoms. The summed E-state index contributed by atoms with van der Waals surface area (Å²) in [6.07, 6.45) is 0. The fourth-order valence-corrected chi connectivity index (χ4v) is 2.81. The van der Waals surface area contributed by atoms with Gasteiger partial charge in [-0.15, -0.1) is 0 Å². The van der Waals surface area contributed by atoms with E-state index in [2.05, 4.69) is 66.4 Å². The molecule has 0 bridgehead atoms. The number of nitrogens with zero attached hydrogens (tertiary/aromatic N) is 3. The Kier molecular flexibility index (Phi) is 6.45. The van der Waals surface area contributed by atoms with E-state index in [0.717, 1.165) is 31.0 Å². The molecule has 1 aliphatic rings. The molecule has 6 heteroatoms. The maximum absolute atomic E-state index is 12.2. The number of piperazine rings is 1. The third-order valence-electron chi connectivity index (χ3n) is 4.76. The predicted octanol–water partition coefficient (Wildman–Crippen LogP) is 1.90. The predicted molar refractivity (Wildman–Crippen MR) is 101 cm³/mol. The van der Waals surface area contributed by atoms with Crippen LogP contribution in [0.1, 0.15) is 13.8 Å². The molecule has 0 saturated carbocycles. The van der Waals surface area contributed by atoms with Crippen LogP contribution in [0.5, 0.6) is 0 Å². The lowest BCUT2D eigenvalue weighted by Crippen LogP contribution is -2.54. The summed E-state index contributed by atoms with van der Waals surface area (Å²) >= 11 is 0. The second kappa shape index (κ2) is 8.35. The normalized spacial score (nSPS) is 19.3. The van der Waals surface area contributed by atoms with Crippen molar-refractivity contribution in [1.82, 2.24) is 15.1 Å². The van der Waals surface area contributed by atoms with Crippen molar-refractivity contribution in [3.05, 3.63) is 24.3 Å². The van der Waals surface area contributed by atoms with Crippen LogP contribution < -0.4 is 15.5 Å². The van der Waals surface area contributed by atoms with Crippen molar-refractivity contribution in [3.63, 3.8) is 0 Å². The first-order valence-electron chi connectivity index (χ1n) is 8.63. The lowest BCUT2D eigenvalue weighted by Gasteiger charge is -2.37. The zero-order valence-corrected chi connectivity index (χ0v) is 15.5. The number of amides is 2. The third-order valence-corrected chi connectivity index (χ3v) is 4.76. The van der Waals surface area contributed by atoms with Gasteiger partial charge in [0, 0.05) is 56.7 Å². The first-order chi connectivity index (χ1) is 11.4. The van der Waals surface area contributed by atoms with E-state index in [0.29, 0.717) is 18.6 Å². The van der Waals surface area contributed by atoms with Gasteiger partial charge in [0.1, 0.15) is 0 Å². The maximum Gasteiger partial charge on any atom is 0.319 e. The number of likely N-dealkylation sites (N-methyl/N-ethyl adjacent to an activating group) is 2. The Morgan fingerprint density at radius 3 is 2.79 bits per heavy atom. The van der Waals surface area contributed by atoms with E-state index in [-0.39, 0.29) is 6.03 Å². The Balaban J connectivity index is 1.87. The molecule has 0 unspecified atom stereocenters. The lowest BCUT2D eigenvalue weighted by molar-refractivity contribution is 0.115. The molecule has 1 fully saturated rings. The minimum Gasteiger partial charge on any atom is -0.372 e. The lowest BCUT2D eigenvalue weighted by atomic mass is 10.2. The summed E-state index contributed by atoms with van der Waals surface area (Å²) < 4.78 is 0. The molecule has 1 aromatic carbocycles. The van der Waals surface area contributed by atoms with Gasteiger partial charge in [-0.3, -0.25) is 4.90 Å². The standard InChI is InChI=1S/C18H31N5O/c1-14(2)23(5)16-8-6-7-15(11-16)20-18(24)19-12-17-13-21(3)9-10-22(17)4/h6-8,11,14,17H,9-10,12-13H2,1-5H3,(H2,19,20,24)/t17-/m1/s1. The van der Waals surface area contributed by atoms with E-state index < -0.39 is 0 Å². The van der Waals surface area contributed by atoms with Gasteiger partial charge in [-0.05, 0) is 46.1 Å². The van der Waals surface area contributed by atoms with E-state index in [1.54, 1.807) is 0 Å². The van der Waals surface area contributed by atoms with E-state index >= 15 is 0 Å². The van der Waals surface area contributed by atoms with Gasteiger partial charge in [-0.1, -0.05) is 6.07 Å². The minimum atomic E-state index is -0.152. The van der Waals surface area contributed by atoms with Crippen molar-refractivity contribution >= 4 is 17.4 Å². The van der Waals surface area contributed by atoms with Crippen LogP contribution in [0, 0.1) is 0 Å². The van der Waals surface area contributed by atoms with Crippen molar-refractivity contribution in [2.75, 3.05) is 57.5 Å². The van der Waals surface area contributed by atoms with Crippen LogP contribution in [-0.4, -0.2) is 75.2 Å². The summed E-state index contributed by atoms with van der Waals surface area (Å²) in [6.45, 7) is 8.03. The van der Waals surface area contributed by atoms with E-state index in [1.807, 2.05) is 18.2 Å². The molecule has 0 aromatic heterocycles. The number of carbonyl (C=O) groups excluding carboxylic acids is 1. The summed E-state index contributed by atoms with van der Waals surface area (Å²) in [5.74, 6) is 0. The Hall–Kier alpha value is -1.79. The van der Waals surface area contributed by atoms with Crippen LogP contribution in [0.2, 0.25) is 0 Å². The van der Waals surface area contributed by atoms with Crippen LogP contribution in [0.25, 0.3) is 0 Å². The summed E-state index contributed by atoms with van der Waals surface area (Å²) in [6, 6.07) is 8.54. The molecule has 134 valence electrons. The zero-order valence-electron chi connectivity index (χ0n) is 15.5. The molecule has 0 aliphatic carbocycles. The highest BCUT2D eigenvalue weighted by Gasteiger charge is 2.22.